The highest BCUT2D eigenvalue weighted by Gasteiger charge is 2.44. The van der Waals surface area contributed by atoms with Crippen molar-refractivity contribution in [3.8, 4) is 5.75 Å². The summed E-state index contributed by atoms with van der Waals surface area (Å²) in [4.78, 5) is 14.3. The van der Waals surface area contributed by atoms with E-state index in [1.807, 2.05) is 20.8 Å². The van der Waals surface area contributed by atoms with E-state index in [0.29, 0.717) is 49.5 Å². The molecule has 0 atom stereocenters. The Morgan fingerprint density at radius 3 is 2.18 bits per heavy atom. The largest absolute Gasteiger partial charge is 0.493 e. The van der Waals surface area contributed by atoms with Crippen molar-refractivity contribution in [3.05, 3.63) is 35.4 Å². The van der Waals surface area contributed by atoms with Crippen LogP contribution in [0.25, 0.3) is 5.57 Å². The first kappa shape index (κ1) is 32.4. The lowest BCUT2D eigenvalue weighted by molar-refractivity contribution is 0.0270. The van der Waals surface area contributed by atoms with E-state index >= 15 is 0 Å². The van der Waals surface area contributed by atoms with Gasteiger partial charge in [-0.25, -0.2) is 4.79 Å². The van der Waals surface area contributed by atoms with Gasteiger partial charge in [0.25, 0.3) is 0 Å². The number of ether oxygens (including phenoxy) is 3. The Morgan fingerprint density at radius 1 is 1.00 bits per heavy atom. The van der Waals surface area contributed by atoms with Crippen LogP contribution in [0.4, 0.5) is 4.79 Å². The molecule has 1 amide bonds. The van der Waals surface area contributed by atoms with E-state index in [9.17, 15) is 4.79 Å². The molecule has 6 nitrogen and oxygen atoms in total. The molecular formula is C31H53NO5Si. The van der Waals surface area contributed by atoms with Gasteiger partial charge in [-0.1, -0.05) is 53.7 Å². The van der Waals surface area contributed by atoms with Gasteiger partial charge in [-0.05, 0) is 79.1 Å². The Balaban J connectivity index is 2.25. The minimum absolute atomic E-state index is 0.251. The highest BCUT2D eigenvalue weighted by Crippen LogP contribution is 2.42. The molecule has 1 aliphatic heterocycles. The van der Waals surface area contributed by atoms with Gasteiger partial charge in [0.1, 0.15) is 11.4 Å². The van der Waals surface area contributed by atoms with Crippen LogP contribution >= 0.6 is 0 Å². The average molecular weight is 548 g/mol. The van der Waals surface area contributed by atoms with E-state index in [-0.39, 0.29) is 6.09 Å². The summed E-state index contributed by atoms with van der Waals surface area (Å²) in [7, 11) is -0.230. The summed E-state index contributed by atoms with van der Waals surface area (Å²) >= 11 is 0. The second-order valence-corrected chi connectivity index (χ2v) is 17.8. The summed E-state index contributed by atoms with van der Waals surface area (Å²) in [5, 5.41) is 0. The van der Waals surface area contributed by atoms with Gasteiger partial charge in [-0.3, -0.25) is 0 Å². The van der Waals surface area contributed by atoms with Crippen LogP contribution in [0.5, 0.6) is 5.75 Å². The zero-order chi connectivity index (χ0) is 28.5. The van der Waals surface area contributed by atoms with Crippen molar-refractivity contribution >= 4 is 20.0 Å². The maximum absolute atomic E-state index is 12.6. The number of hydrogen-bond acceptors (Lipinski definition) is 5. The molecule has 1 aromatic carbocycles. The molecule has 0 unspecified atom stereocenters. The normalized spacial score (nSPS) is 14.9. The molecule has 0 saturated heterocycles. The lowest BCUT2D eigenvalue weighted by Gasteiger charge is -2.42. The summed E-state index contributed by atoms with van der Waals surface area (Å²) in [5.74, 6) is 0.881. The highest BCUT2D eigenvalue weighted by atomic mass is 28.4. The lowest BCUT2D eigenvalue weighted by Crippen LogP contribution is -2.48. The lowest BCUT2D eigenvalue weighted by atomic mass is 9.93. The Bertz CT molecular complexity index is 898. The molecule has 0 aromatic heterocycles. The molecule has 0 saturated carbocycles. The number of carbonyl (C=O) groups is 1. The Kier molecular flexibility index (Phi) is 12.4. The molecule has 216 valence electrons. The second-order valence-electron chi connectivity index (χ2n) is 12.3. The molecule has 2 rings (SSSR count). The van der Waals surface area contributed by atoms with Crippen LogP contribution in [0.3, 0.4) is 0 Å². The highest BCUT2D eigenvalue weighted by molar-refractivity contribution is 6.77. The van der Waals surface area contributed by atoms with Crippen LogP contribution in [0.2, 0.25) is 16.6 Å². The Labute approximate surface area is 233 Å². The van der Waals surface area contributed by atoms with Crippen LogP contribution < -0.4 is 4.74 Å². The van der Waals surface area contributed by atoms with Crippen molar-refractivity contribution in [2.24, 2.45) is 0 Å². The topological polar surface area (TPSA) is 57.2 Å². The minimum Gasteiger partial charge on any atom is -0.493 e. The fraction of sp³-hybridized carbons (Fsp3) is 0.710. The Hall–Kier alpha value is -1.83. The van der Waals surface area contributed by atoms with Gasteiger partial charge >= 0.3 is 6.09 Å². The fourth-order valence-corrected chi connectivity index (χ4v) is 11.3. The Morgan fingerprint density at radius 2 is 1.66 bits per heavy atom. The van der Waals surface area contributed by atoms with Gasteiger partial charge in [0.15, 0.2) is 8.32 Å². The molecule has 0 radical (unpaired) electrons. The summed E-state index contributed by atoms with van der Waals surface area (Å²) in [6.45, 7) is 22.9. The fourth-order valence-electron chi connectivity index (χ4n) is 5.82. The first-order valence-corrected chi connectivity index (χ1v) is 16.5. The van der Waals surface area contributed by atoms with Crippen molar-refractivity contribution in [1.82, 2.24) is 4.90 Å². The number of methoxy groups -OCH3 is 1. The van der Waals surface area contributed by atoms with Gasteiger partial charge in [0.05, 0.1) is 6.61 Å². The zero-order valence-electron chi connectivity index (χ0n) is 25.7. The molecule has 1 aliphatic rings. The van der Waals surface area contributed by atoms with Crippen molar-refractivity contribution < 1.29 is 23.4 Å². The third kappa shape index (κ3) is 8.85. The molecule has 0 bridgehead atoms. The number of rotatable bonds is 13. The maximum Gasteiger partial charge on any atom is 0.410 e. The summed E-state index contributed by atoms with van der Waals surface area (Å²) in [6, 6.07) is 6.41. The summed E-state index contributed by atoms with van der Waals surface area (Å²) in [6.07, 6.45) is 4.40. The van der Waals surface area contributed by atoms with Crippen molar-refractivity contribution in [2.75, 3.05) is 40.0 Å². The first-order chi connectivity index (χ1) is 17.8. The summed E-state index contributed by atoms with van der Waals surface area (Å²) in [5.41, 5.74) is 4.91. The van der Waals surface area contributed by atoms with Crippen molar-refractivity contribution in [3.63, 3.8) is 0 Å². The zero-order valence-corrected chi connectivity index (χ0v) is 26.7. The third-order valence-electron chi connectivity index (χ3n) is 7.48. The molecule has 0 fully saturated rings. The van der Waals surface area contributed by atoms with E-state index in [2.05, 4.69) is 65.8 Å². The minimum atomic E-state index is -1.94. The number of benzene rings is 1. The quantitative estimate of drug-likeness (QED) is 0.186. The smallest absolute Gasteiger partial charge is 0.410 e. The predicted molar refractivity (Wildman–Crippen MR) is 160 cm³/mol. The van der Waals surface area contributed by atoms with E-state index < -0.39 is 13.9 Å². The SMILES string of the molecule is COCCCOc1ccc(C2=CCN(C(=O)OC(C)(C)C)CC2)c(CCO[Si](C(C)C)(C(C)C)C(C)C)c1. The van der Waals surface area contributed by atoms with Gasteiger partial charge in [-0.2, -0.15) is 0 Å². The van der Waals surface area contributed by atoms with Gasteiger partial charge in [0, 0.05) is 39.8 Å². The third-order valence-corrected chi connectivity index (χ3v) is 13.6. The van der Waals surface area contributed by atoms with Crippen molar-refractivity contribution in [1.29, 1.82) is 0 Å². The monoisotopic (exact) mass is 547 g/mol. The van der Waals surface area contributed by atoms with E-state index in [0.717, 1.165) is 25.0 Å². The predicted octanol–water partition coefficient (Wildman–Crippen LogP) is 7.86. The molecule has 0 spiro atoms. The molecule has 7 heteroatoms. The molecule has 1 aromatic rings. The van der Waals surface area contributed by atoms with Gasteiger partial charge in [0.2, 0.25) is 0 Å². The molecular weight excluding hydrogens is 494 g/mol. The van der Waals surface area contributed by atoms with E-state index in [1.165, 1.54) is 16.7 Å². The molecule has 38 heavy (non-hydrogen) atoms. The summed E-state index contributed by atoms with van der Waals surface area (Å²) < 4.78 is 23.7. The standard InChI is InChI=1S/C31H53NO5Si/c1-23(2)38(24(3)4,25(5)6)36-21-16-27-22-28(35-20-11-19-34-10)12-13-29(27)26-14-17-32(18-15-26)30(33)37-31(7,8)9/h12-14,22-25H,11,15-21H2,1-10H3. The molecule has 0 aliphatic carbocycles. The number of carbonyl (C=O) groups excluding carboxylic acids is 1. The average Bonchev–Trinajstić information content (AvgIpc) is 2.83. The van der Waals surface area contributed by atoms with Crippen LogP contribution in [0.1, 0.15) is 86.3 Å². The number of nitrogens with zero attached hydrogens (tertiary/aromatic N) is 1. The second kappa shape index (κ2) is 14.5. The first-order valence-electron chi connectivity index (χ1n) is 14.4. The van der Waals surface area contributed by atoms with Crippen molar-refractivity contribution in [2.45, 2.75) is 104 Å². The van der Waals surface area contributed by atoms with Gasteiger partial charge < -0.3 is 23.5 Å². The van der Waals surface area contributed by atoms with Crippen LogP contribution in [-0.4, -0.2) is 64.9 Å². The van der Waals surface area contributed by atoms with E-state index in [1.54, 1.807) is 12.0 Å². The number of amides is 1. The van der Waals surface area contributed by atoms with Crippen LogP contribution in [0.15, 0.2) is 24.3 Å². The molecule has 0 N–H and O–H groups in total. The van der Waals surface area contributed by atoms with Gasteiger partial charge in [-0.15, -0.1) is 0 Å². The van der Waals surface area contributed by atoms with Crippen LogP contribution in [0, 0.1) is 0 Å². The molecule has 1 heterocycles. The maximum atomic E-state index is 12.6. The van der Waals surface area contributed by atoms with E-state index in [4.69, 9.17) is 18.6 Å². The van der Waals surface area contributed by atoms with Crippen LogP contribution in [-0.2, 0) is 20.3 Å². The number of hydrogen-bond donors (Lipinski definition) is 0.